The van der Waals surface area contributed by atoms with Gasteiger partial charge >= 0.3 is 0 Å². The molecule has 0 fully saturated rings. The third-order valence-corrected chi connectivity index (χ3v) is 3.82. The molecule has 0 heterocycles. The van der Waals surface area contributed by atoms with Gasteiger partial charge in [-0.15, -0.1) is 0 Å². The van der Waals surface area contributed by atoms with Crippen molar-refractivity contribution in [2.24, 2.45) is 0 Å². The van der Waals surface area contributed by atoms with E-state index in [-0.39, 0.29) is 17.5 Å². The molecule has 25 heavy (non-hydrogen) atoms. The summed E-state index contributed by atoms with van der Waals surface area (Å²) in [5.74, 6) is -0.278. The van der Waals surface area contributed by atoms with Gasteiger partial charge in [-0.2, -0.15) is 0 Å². The third kappa shape index (κ3) is 4.37. The van der Waals surface area contributed by atoms with Crippen LogP contribution in [0, 0.1) is 5.82 Å². The second-order valence-corrected chi connectivity index (χ2v) is 5.74. The predicted molar refractivity (Wildman–Crippen MR) is 97.4 cm³/mol. The number of halogens is 2. The normalized spacial score (nSPS) is 10.3. The van der Waals surface area contributed by atoms with Gasteiger partial charge in [0.15, 0.2) is 6.61 Å². The lowest BCUT2D eigenvalue weighted by Crippen LogP contribution is -2.20. The third-order valence-electron chi connectivity index (χ3n) is 3.53. The monoisotopic (exact) mass is 355 g/mol. The Bertz CT molecular complexity index is 884. The molecule has 0 atom stereocenters. The molecule has 3 aromatic rings. The van der Waals surface area contributed by atoms with Gasteiger partial charge in [-0.1, -0.05) is 60.1 Å². The Labute approximate surface area is 150 Å². The van der Waals surface area contributed by atoms with E-state index in [1.165, 1.54) is 18.2 Å². The molecule has 3 aromatic carbocycles. The zero-order valence-corrected chi connectivity index (χ0v) is 14.0. The summed E-state index contributed by atoms with van der Waals surface area (Å²) in [6, 6.07) is 21.3. The average Bonchev–Trinajstić information content (AvgIpc) is 2.64. The minimum absolute atomic E-state index is 0.0480. The van der Waals surface area contributed by atoms with Crippen LogP contribution in [-0.2, 0) is 4.79 Å². The first-order valence-electron chi connectivity index (χ1n) is 7.65. The van der Waals surface area contributed by atoms with Crippen molar-refractivity contribution in [1.29, 1.82) is 0 Å². The Hall–Kier alpha value is -2.85. The number of nitrogens with one attached hydrogen (secondary N) is 1. The SMILES string of the molecule is O=C(COc1ccccc1-c1ccccc1)Nc1ccc(F)c(Cl)c1. The van der Waals surface area contributed by atoms with Crippen molar-refractivity contribution in [3.63, 3.8) is 0 Å². The molecule has 5 heteroatoms. The van der Waals surface area contributed by atoms with Gasteiger partial charge in [-0.3, -0.25) is 4.79 Å². The van der Waals surface area contributed by atoms with Crippen LogP contribution in [-0.4, -0.2) is 12.5 Å². The first-order chi connectivity index (χ1) is 12.1. The van der Waals surface area contributed by atoms with E-state index in [4.69, 9.17) is 16.3 Å². The molecule has 3 rings (SSSR count). The molecule has 0 saturated carbocycles. The van der Waals surface area contributed by atoms with Crippen molar-refractivity contribution < 1.29 is 13.9 Å². The number of hydrogen-bond acceptors (Lipinski definition) is 2. The van der Waals surface area contributed by atoms with Gasteiger partial charge in [0, 0.05) is 11.3 Å². The fourth-order valence-electron chi connectivity index (χ4n) is 2.36. The van der Waals surface area contributed by atoms with Gasteiger partial charge in [-0.25, -0.2) is 4.39 Å². The summed E-state index contributed by atoms with van der Waals surface area (Å²) in [4.78, 5) is 12.1. The van der Waals surface area contributed by atoms with E-state index in [1.807, 2.05) is 54.6 Å². The number of carbonyl (C=O) groups is 1. The molecule has 1 amide bonds. The van der Waals surface area contributed by atoms with E-state index < -0.39 is 5.82 Å². The van der Waals surface area contributed by atoms with Gasteiger partial charge < -0.3 is 10.1 Å². The molecular formula is C20H15ClFNO2. The summed E-state index contributed by atoms with van der Waals surface area (Å²) in [7, 11) is 0. The van der Waals surface area contributed by atoms with Crippen LogP contribution in [0.1, 0.15) is 0 Å². The molecule has 126 valence electrons. The molecule has 0 saturated heterocycles. The van der Waals surface area contributed by atoms with E-state index in [2.05, 4.69) is 5.32 Å². The molecule has 0 radical (unpaired) electrons. The molecule has 0 bridgehead atoms. The number of rotatable bonds is 5. The maximum Gasteiger partial charge on any atom is 0.262 e. The Kier molecular flexibility index (Phi) is 5.31. The van der Waals surface area contributed by atoms with Crippen LogP contribution in [0.2, 0.25) is 5.02 Å². The van der Waals surface area contributed by atoms with Gasteiger partial charge in [0.05, 0.1) is 5.02 Å². The molecule has 0 unspecified atom stereocenters. The number of para-hydroxylation sites is 1. The van der Waals surface area contributed by atoms with Crippen LogP contribution < -0.4 is 10.1 Å². The Morgan fingerprint density at radius 2 is 1.72 bits per heavy atom. The van der Waals surface area contributed by atoms with Crippen molar-refractivity contribution in [1.82, 2.24) is 0 Å². The first kappa shape index (κ1) is 17.0. The Morgan fingerprint density at radius 1 is 1.00 bits per heavy atom. The second kappa shape index (κ2) is 7.81. The highest BCUT2D eigenvalue weighted by Crippen LogP contribution is 2.29. The summed E-state index contributed by atoms with van der Waals surface area (Å²) in [5.41, 5.74) is 2.32. The lowest BCUT2D eigenvalue weighted by Gasteiger charge is -2.12. The number of hydrogen-bond donors (Lipinski definition) is 1. The fraction of sp³-hybridized carbons (Fsp3) is 0.0500. The Balaban J connectivity index is 1.67. The molecule has 1 N–H and O–H groups in total. The summed E-state index contributed by atoms with van der Waals surface area (Å²) in [6.45, 7) is -0.168. The fourth-order valence-corrected chi connectivity index (χ4v) is 2.54. The Morgan fingerprint density at radius 3 is 2.48 bits per heavy atom. The summed E-state index contributed by atoms with van der Waals surface area (Å²) in [6.07, 6.45) is 0. The molecule has 0 spiro atoms. The van der Waals surface area contributed by atoms with Gasteiger partial charge in [-0.05, 0) is 29.8 Å². The summed E-state index contributed by atoms with van der Waals surface area (Å²) in [5, 5.41) is 2.58. The van der Waals surface area contributed by atoms with E-state index in [0.717, 1.165) is 11.1 Å². The molecule has 0 aliphatic carbocycles. The molecule has 3 nitrogen and oxygen atoms in total. The molecule has 0 aliphatic rings. The number of ether oxygens (including phenoxy) is 1. The number of anilines is 1. The van der Waals surface area contributed by atoms with E-state index >= 15 is 0 Å². The smallest absolute Gasteiger partial charge is 0.262 e. The zero-order chi connectivity index (χ0) is 17.6. The second-order valence-electron chi connectivity index (χ2n) is 5.33. The minimum atomic E-state index is -0.535. The van der Waals surface area contributed by atoms with Gasteiger partial charge in [0.25, 0.3) is 5.91 Å². The van der Waals surface area contributed by atoms with Crippen LogP contribution in [0.5, 0.6) is 5.75 Å². The topological polar surface area (TPSA) is 38.3 Å². The maximum absolute atomic E-state index is 13.1. The van der Waals surface area contributed by atoms with Crippen molar-refractivity contribution in [3.05, 3.63) is 83.6 Å². The number of carbonyl (C=O) groups excluding carboxylic acids is 1. The van der Waals surface area contributed by atoms with Crippen molar-refractivity contribution in [2.75, 3.05) is 11.9 Å². The molecule has 0 aromatic heterocycles. The van der Waals surface area contributed by atoms with Gasteiger partial charge in [0.1, 0.15) is 11.6 Å². The predicted octanol–water partition coefficient (Wildman–Crippen LogP) is 5.16. The minimum Gasteiger partial charge on any atom is -0.483 e. The van der Waals surface area contributed by atoms with Crippen molar-refractivity contribution in [2.45, 2.75) is 0 Å². The van der Waals surface area contributed by atoms with E-state index in [9.17, 15) is 9.18 Å². The largest absolute Gasteiger partial charge is 0.483 e. The van der Waals surface area contributed by atoms with Crippen LogP contribution in [0.4, 0.5) is 10.1 Å². The quantitative estimate of drug-likeness (QED) is 0.686. The molecule has 0 aliphatic heterocycles. The highest BCUT2D eigenvalue weighted by molar-refractivity contribution is 6.31. The van der Waals surface area contributed by atoms with Crippen LogP contribution in [0.25, 0.3) is 11.1 Å². The first-order valence-corrected chi connectivity index (χ1v) is 8.03. The number of amides is 1. The maximum atomic E-state index is 13.1. The zero-order valence-electron chi connectivity index (χ0n) is 13.2. The lowest BCUT2D eigenvalue weighted by atomic mass is 10.1. The van der Waals surface area contributed by atoms with Crippen molar-refractivity contribution >= 4 is 23.2 Å². The average molecular weight is 356 g/mol. The molecular weight excluding hydrogens is 341 g/mol. The van der Waals surface area contributed by atoms with E-state index in [0.29, 0.717) is 11.4 Å². The van der Waals surface area contributed by atoms with Gasteiger partial charge in [0.2, 0.25) is 0 Å². The highest BCUT2D eigenvalue weighted by atomic mass is 35.5. The highest BCUT2D eigenvalue weighted by Gasteiger charge is 2.09. The van der Waals surface area contributed by atoms with Crippen LogP contribution in [0.15, 0.2) is 72.8 Å². The standard InChI is InChI=1S/C20H15ClFNO2/c21-17-12-15(10-11-18(17)22)23-20(24)13-25-19-9-5-4-8-16(19)14-6-2-1-3-7-14/h1-12H,13H2,(H,23,24). The van der Waals surface area contributed by atoms with Crippen molar-refractivity contribution in [3.8, 4) is 16.9 Å². The van der Waals surface area contributed by atoms with Crippen LogP contribution >= 0.6 is 11.6 Å². The van der Waals surface area contributed by atoms with Crippen LogP contribution in [0.3, 0.4) is 0 Å². The number of benzene rings is 3. The summed E-state index contributed by atoms with van der Waals surface area (Å²) < 4.78 is 18.8. The van der Waals surface area contributed by atoms with E-state index in [1.54, 1.807) is 0 Å². The lowest BCUT2D eigenvalue weighted by molar-refractivity contribution is -0.118. The summed E-state index contributed by atoms with van der Waals surface area (Å²) >= 11 is 5.70.